The van der Waals surface area contributed by atoms with Crippen molar-refractivity contribution in [2.75, 3.05) is 31.7 Å². The minimum atomic E-state index is -0.544. The Bertz CT molecular complexity index is 578. The zero-order chi connectivity index (χ0) is 18.8. The zero-order valence-electron chi connectivity index (χ0n) is 16.0. The number of rotatable bonds is 9. The second kappa shape index (κ2) is 10.6. The van der Waals surface area contributed by atoms with E-state index in [4.69, 9.17) is 4.74 Å². The maximum Gasteiger partial charge on any atom is 0.313 e. The fourth-order valence-electron chi connectivity index (χ4n) is 3.72. The van der Waals surface area contributed by atoms with Gasteiger partial charge in [-0.05, 0) is 50.8 Å². The first-order valence-electron chi connectivity index (χ1n) is 9.59. The van der Waals surface area contributed by atoms with Crippen LogP contribution in [0, 0.1) is 5.41 Å². The van der Waals surface area contributed by atoms with Crippen molar-refractivity contribution in [1.29, 1.82) is 0 Å². The number of carbonyl (C=O) groups excluding carboxylic acids is 2. The summed E-state index contributed by atoms with van der Waals surface area (Å²) < 4.78 is 5.42. The van der Waals surface area contributed by atoms with Gasteiger partial charge >= 0.3 is 5.97 Å². The van der Waals surface area contributed by atoms with Gasteiger partial charge < -0.3 is 9.64 Å². The van der Waals surface area contributed by atoms with Crippen LogP contribution < -0.4 is 0 Å². The van der Waals surface area contributed by atoms with Gasteiger partial charge in [0.05, 0.1) is 12.0 Å². The first-order chi connectivity index (χ1) is 12.6. The fourth-order valence-corrected chi connectivity index (χ4v) is 4.10. The highest BCUT2D eigenvalue weighted by molar-refractivity contribution is 7.98. The predicted molar refractivity (Wildman–Crippen MR) is 107 cm³/mol. The van der Waals surface area contributed by atoms with E-state index < -0.39 is 5.41 Å². The number of benzene rings is 1. The maximum absolute atomic E-state index is 12.8. The van der Waals surface area contributed by atoms with Gasteiger partial charge in [-0.1, -0.05) is 30.3 Å². The molecule has 1 aliphatic rings. The molecule has 0 aliphatic carbocycles. The summed E-state index contributed by atoms with van der Waals surface area (Å²) in [5, 5.41) is 0. The van der Waals surface area contributed by atoms with E-state index in [1.165, 1.54) is 5.56 Å². The Morgan fingerprint density at radius 3 is 2.73 bits per heavy atom. The molecule has 1 aromatic carbocycles. The average molecular weight is 378 g/mol. The lowest BCUT2D eigenvalue weighted by atomic mass is 9.75. The van der Waals surface area contributed by atoms with E-state index in [1.807, 2.05) is 36.3 Å². The lowest BCUT2D eigenvalue weighted by molar-refractivity contribution is -0.161. The Hall–Kier alpha value is -1.49. The molecule has 1 aromatic rings. The van der Waals surface area contributed by atoms with Crippen LogP contribution in [0.15, 0.2) is 30.3 Å². The first kappa shape index (κ1) is 20.8. The topological polar surface area (TPSA) is 46.6 Å². The van der Waals surface area contributed by atoms with Gasteiger partial charge in [-0.3, -0.25) is 9.59 Å². The van der Waals surface area contributed by atoms with Gasteiger partial charge in [-0.15, -0.1) is 0 Å². The van der Waals surface area contributed by atoms with E-state index in [0.717, 1.165) is 44.4 Å². The van der Waals surface area contributed by atoms with Crippen molar-refractivity contribution in [2.24, 2.45) is 5.41 Å². The van der Waals surface area contributed by atoms with Crippen molar-refractivity contribution in [3.05, 3.63) is 35.9 Å². The van der Waals surface area contributed by atoms with Crippen molar-refractivity contribution < 1.29 is 14.3 Å². The molecule has 1 atom stereocenters. The van der Waals surface area contributed by atoms with Crippen molar-refractivity contribution in [2.45, 2.75) is 45.4 Å². The van der Waals surface area contributed by atoms with E-state index in [2.05, 4.69) is 12.1 Å². The molecule has 144 valence electrons. The molecule has 0 aromatic heterocycles. The smallest absolute Gasteiger partial charge is 0.313 e. The number of thioether (sulfide) groups is 1. The van der Waals surface area contributed by atoms with Crippen LogP contribution in [0.3, 0.4) is 0 Å². The summed E-state index contributed by atoms with van der Waals surface area (Å²) in [6.45, 7) is 3.50. The maximum atomic E-state index is 12.8. The molecule has 0 spiro atoms. The molecule has 1 amide bonds. The Morgan fingerprint density at radius 2 is 2.04 bits per heavy atom. The van der Waals surface area contributed by atoms with E-state index in [0.29, 0.717) is 19.6 Å². The minimum absolute atomic E-state index is 0.129. The van der Waals surface area contributed by atoms with E-state index >= 15 is 0 Å². The Morgan fingerprint density at radius 1 is 1.27 bits per heavy atom. The highest BCUT2D eigenvalue weighted by Crippen LogP contribution is 2.37. The van der Waals surface area contributed by atoms with Gasteiger partial charge in [0.25, 0.3) is 0 Å². The largest absolute Gasteiger partial charge is 0.466 e. The first-order valence-corrected chi connectivity index (χ1v) is 11.0. The normalized spacial score (nSPS) is 20.0. The Kier molecular flexibility index (Phi) is 8.49. The van der Waals surface area contributed by atoms with Crippen LogP contribution in [-0.4, -0.2) is 48.5 Å². The monoisotopic (exact) mass is 377 g/mol. The summed E-state index contributed by atoms with van der Waals surface area (Å²) in [6.07, 6.45) is 6.88. The van der Waals surface area contributed by atoms with Crippen molar-refractivity contribution in [1.82, 2.24) is 4.90 Å². The molecule has 4 nitrogen and oxygen atoms in total. The van der Waals surface area contributed by atoms with Crippen LogP contribution in [0.1, 0.15) is 44.6 Å². The third kappa shape index (κ3) is 5.76. The number of nitrogens with zero attached hydrogens (tertiary/aromatic N) is 1. The van der Waals surface area contributed by atoms with Gasteiger partial charge in [0, 0.05) is 25.3 Å². The van der Waals surface area contributed by atoms with Crippen molar-refractivity contribution in [3.63, 3.8) is 0 Å². The molecule has 1 fully saturated rings. The summed E-state index contributed by atoms with van der Waals surface area (Å²) >= 11 is 1.68. The molecule has 1 heterocycles. The molecular weight excluding hydrogens is 346 g/mol. The lowest BCUT2D eigenvalue weighted by Gasteiger charge is -2.41. The second-order valence-corrected chi connectivity index (χ2v) is 7.99. The molecule has 0 radical (unpaired) electrons. The number of amides is 1. The van der Waals surface area contributed by atoms with E-state index in [9.17, 15) is 9.59 Å². The number of piperidine rings is 1. The summed E-state index contributed by atoms with van der Waals surface area (Å²) in [5.41, 5.74) is 0.744. The SMILES string of the molecule is CCOC(=O)[C@]1(CCCc2ccccc2)CCCN(C(=O)CCSC)C1. The Labute approximate surface area is 161 Å². The molecule has 0 unspecified atom stereocenters. The van der Waals surface area contributed by atoms with Crippen molar-refractivity contribution >= 4 is 23.6 Å². The highest BCUT2D eigenvalue weighted by atomic mass is 32.2. The summed E-state index contributed by atoms with van der Waals surface area (Å²) in [6, 6.07) is 10.3. The zero-order valence-corrected chi connectivity index (χ0v) is 16.9. The quantitative estimate of drug-likeness (QED) is 0.612. The third-order valence-electron chi connectivity index (χ3n) is 5.12. The predicted octanol–water partition coefficient (Wildman–Crippen LogP) is 3.93. The lowest BCUT2D eigenvalue weighted by Crippen LogP contribution is -2.50. The van der Waals surface area contributed by atoms with Gasteiger partial charge in [-0.25, -0.2) is 0 Å². The molecule has 0 bridgehead atoms. The number of hydrogen-bond donors (Lipinski definition) is 0. The van der Waals surface area contributed by atoms with Crippen molar-refractivity contribution in [3.8, 4) is 0 Å². The van der Waals surface area contributed by atoms with Gasteiger partial charge in [0.2, 0.25) is 5.91 Å². The summed E-state index contributed by atoms with van der Waals surface area (Å²) in [7, 11) is 0. The standard InChI is InChI=1S/C21H31NO3S/c1-3-25-20(24)21(13-7-11-18-9-5-4-6-10-18)14-8-15-22(17-21)19(23)12-16-26-2/h4-6,9-10H,3,7-8,11-17H2,1-2H3/t21-/m1/s1. The molecule has 2 rings (SSSR count). The third-order valence-corrected chi connectivity index (χ3v) is 5.73. The Balaban J connectivity index is 2.03. The van der Waals surface area contributed by atoms with E-state index in [1.54, 1.807) is 11.8 Å². The van der Waals surface area contributed by atoms with Crippen LogP contribution in [0.4, 0.5) is 0 Å². The van der Waals surface area contributed by atoms with Gasteiger partial charge in [0.15, 0.2) is 0 Å². The summed E-state index contributed by atoms with van der Waals surface area (Å²) in [4.78, 5) is 27.1. The number of likely N-dealkylation sites (tertiary alicyclic amines) is 1. The summed E-state index contributed by atoms with van der Waals surface area (Å²) in [5.74, 6) is 0.863. The molecule has 0 N–H and O–H groups in total. The number of esters is 1. The number of ether oxygens (including phenoxy) is 1. The fraction of sp³-hybridized carbons (Fsp3) is 0.619. The van der Waals surface area contributed by atoms with Gasteiger partial charge in [-0.2, -0.15) is 11.8 Å². The molecule has 26 heavy (non-hydrogen) atoms. The molecular formula is C21H31NO3S. The number of carbonyl (C=O) groups is 2. The minimum Gasteiger partial charge on any atom is -0.466 e. The van der Waals surface area contributed by atoms with Crippen LogP contribution in [0.5, 0.6) is 0 Å². The second-order valence-electron chi connectivity index (χ2n) is 7.00. The molecule has 0 saturated carbocycles. The molecule has 1 saturated heterocycles. The highest BCUT2D eigenvalue weighted by Gasteiger charge is 2.44. The number of hydrogen-bond acceptors (Lipinski definition) is 4. The van der Waals surface area contributed by atoms with E-state index in [-0.39, 0.29) is 11.9 Å². The average Bonchev–Trinajstić information content (AvgIpc) is 2.67. The molecule has 5 heteroatoms. The van der Waals surface area contributed by atoms with Crippen LogP contribution in [0.25, 0.3) is 0 Å². The molecule has 1 aliphatic heterocycles. The number of aryl methyl sites for hydroxylation is 1. The van der Waals surface area contributed by atoms with Crippen LogP contribution >= 0.6 is 11.8 Å². The van der Waals surface area contributed by atoms with Crippen LogP contribution in [-0.2, 0) is 20.7 Å². The van der Waals surface area contributed by atoms with Crippen LogP contribution in [0.2, 0.25) is 0 Å². The van der Waals surface area contributed by atoms with Gasteiger partial charge in [0.1, 0.15) is 0 Å².